The van der Waals surface area contributed by atoms with Gasteiger partial charge in [-0.3, -0.25) is 4.79 Å². The van der Waals surface area contributed by atoms with Crippen LogP contribution in [-0.4, -0.2) is 23.9 Å². The average molecular weight is 275 g/mol. The zero-order chi connectivity index (χ0) is 14.2. The number of carbonyl (C=O) groups excluding carboxylic acids is 1. The van der Waals surface area contributed by atoms with Crippen molar-refractivity contribution in [3.05, 3.63) is 60.2 Å². The Labute approximate surface area is 124 Å². The largest absolute Gasteiger partial charge is 0.339 e. The van der Waals surface area contributed by atoms with Crippen LogP contribution in [0.2, 0.25) is 0 Å². The maximum absolute atomic E-state index is 13.0. The van der Waals surface area contributed by atoms with Gasteiger partial charge in [0.05, 0.1) is 5.56 Å². The van der Waals surface area contributed by atoms with Crippen LogP contribution in [-0.2, 0) is 0 Å². The number of likely N-dealkylation sites (tertiary alicyclic amines) is 1. The molecule has 0 bridgehead atoms. The van der Waals surface area contributed by atoms with Crippen LogP contribution in [0.5, 0.6) is 0 Å². The van der Waals surface area contributed by atoms with E-state index in [1.807, 2.05) is 29.2 Å². The molecule has 1 fully saturated rings. The van der Waals surface area contributed by atoms with Crippen molar-refractivity contribution in [3.8, 4) is 0 Å². The smallest absolute Gasteiger partial charge is 0.255 e. The van der Waals surface area contributed by atoms with E-state index in [4.69, 9.17) is 0 Å². The molecule has 1 aliphatic rings. The molecule has 0 saturated carbocycles. The van der Waals surface area contributed by atoms with Gasteiger partial charge in [0, 0.05) is 13.1 Å². The topological polar surface area (TPSA) is 20.3 Å². The Morgan fingerprint density at radius 3 is 1.90 bits per heavy atom. The second-order valence-electron chi connectivity index (χ2n) is 5.69. The summed E-state index contributed by atoms with van der Waals surface area (Å²) in [7, 11) is 0. The third-order valence-corrected chi connectivity index (χ3v) is 4.38. The summed E-state index contributed by atoms with van der Waals surface area (Å²) in [5.41, 5.74) is 0.866. The molecule has 3 aromatic carbocycles. The molecular weight excluding hydrogens is 258 g/mol. The first-order valence-corrected chi connectivity index (χ1v) is 7.54. The van der Waals surface area contributed by atoms with E-state index in [1.165, 1.54) is 0 Å². The number of benzene rings is 3. The maximum Gasteiger partial charge on any atom is 0.255 e. The summed E-state index contributed by atoms with van der Waals surface area (Å²) >= 11 is 0. The van der Waals surface area contributed by atoms with Crippen molar-refractivity contribution in [3.63, 3.8) is 0 Å². The van der Waals surface area contributed by atoms with Gasteiger partial charge >= 0.3 is 0 Å². The van der Waals surface area contributed by atoms with Gasteiger partial charge < -0.3 is 4.90 Å². The molecule has 104 valence electrons. The highest BCUT2D eigenvalue weighted by Gasteiger charge is 2.23. The highest BCUT2D eigenvalue weighted by molar-refractivity contribution is 6.18. The predicted octanol–water partition coefficient (Wildman–Crippen LogP) is 4.23. The molecule has 2 heteroatoms. The third-order valence-electron chi connectivity index (χ3n) is 4.38. The molecule has 0 N–H and O–H groups in total. The number of nitrogens with zero attached hydrogens (tertiary/aromatic N) is 1. The Balaban J connectivity index is 2.04. The Morgan fingerprint density at radius 2 is 1.33 bits per heavy atom. The molecule has 0 aliphatic carbocycles. The van der Waals surface area contributed by atoms with Crippen molar-refractivity contribution >= 4 is 27.5 Å². The number of hydrogen-bond donors (Lipinski definition) is 0. The van der Waals surface area contributed by atoms with Gasteiger partial charge in [0.25, 0.3) is 5.91 Å². The Hall–Kier alpha value is -2.35. The van der Waals surface area contributed by atoms with Gasteiger partial charge in [-0.15, -0.1) is 0 Å². The average Bonchev–Trinajstić information content (AvgIpc) is 3.06. The number of amides is 1. The first-order chi connectivity index (χ1) is 10.3. The fraction of sp³-hybridized carbons (Fsp3) is 0.211. The summed E-state index contributed by atoms with van der Waals surface area (Å²) in [5, 5.41) is 4.40. The molecule has 21 heavy (non-hydrogen) atoms. The van der Waals surface area contributed by atoms with Crippen LogP contribution in [0.15, 0.2) is 54.6 Å². The SMILES string of the molecule is O=C(c1c2ccccc2cc2ccccc12)N1CCCC1. The summed E-state index contributed by atoms with van der Waals surface area (Å²) in [5.74, 6) is 0.181. The monoisotopic (exact) mass is 275 g/mol. The quantitative estimate of drug-likeness (QED) is 0.609. The fourth-order valence-corrected chi connectivity index (χ4v) is 3.32. The zero-order valence-electron chi connectivity index (χ0n) is 11.9. The molecule has 1 aliphatic heterocycles. The van der Waals surface area contributed by atoms with E-state index >= 15 is 0 Å². The summed E-state index contributed by atoms with van der Waals surface area (Å²) < 4.78 is 0. The Bertz CT molecular complexity index is 777. The highest BCUT2D eigenvalue weighted by atomic mass is 16.2. The summed E-state index contributed by atoms with van der Waals surface area (Å²) in [6.45, 7) is 1.77. The van der Waals surface area contributed by atoms with Gasteiger partial charge in [-0.25, -0.2) is 0 Å². The maximum atomic E-state index is 13.0. The number of hydrogen-bond acceptors (Lipinski definition) is 1. The van der Waals surface area contributed by atoms with Crippen molar-refractivity contribution in [2.45, 2.75) is 12.8 Å². The van der Waals surface area contributed by atoms with E-state index in [0.717, 1.165) is 53.0 Å². The molecule has 2 nitrogen and oxygen atoms in total. The molecule has 0 atom stereocenters. The van der Waals surface area contributed by atoms with Gasteiger partial charge in [0.2, 0.25) is 0 Å². The van der Waals surface area contributed by atoms with Gasteiger partial charge in [-0.05, 0) is 40.5 Å². The number of fused-ring (bicyclic) bond motifs is 2. The predicted molar refractivity (Wildman–Crippen MR) is 86.6 cm³/mol. The normalized spacial score (nSPS) is 15.0. The highest BCUT2D eigenvalue weighted by Crippen LogP contribution is 2.30. The van der Waals surface area contributed by atoms with E-state index < -0.39 is 0 Å². The molecule has 0 aromatic heterocycles. The van der Waals surface area contributed by atoms with Crippen molar-refractivity contribution in [1.29, 1.82) is 0 Å². The Morgan fingerprint density at radius 1 is 0.810 bits per heavy atom. The van der Waals surface area contributed by atoms with Crippen LogP contribution in [0.25, 0.3) is 21.5 Å². The van der Waals surface area contributed by atoms with Crippen LogP contribution in [0, 0.1) is 0 Å². The van der Waals surface area contributed by atoms with Gasteiger partial charge in [-0.2, -0.15) is 0 Å². The molecule has 1 heterocycles. The van der Waals surface area contributed by atoms with Crippen LogP contribution in [0.1, 0.15) is 23.2 Å². The standard InChI is InChI=1S/C19H17NO/c21-19(20-11-5-6-12-20)18-16-9-3-1-7-14(16)13-15-8-2-4-10-17(15)18/h1-4,7-10,13H,5-6,11-12H2. The van der Waals surface area contributed by atoms with Crippen LogP contribution >= 0.6 is 0 Å². The van der Waals surface area contributed by atoms with Gasteiger partial charge in [0.15, 0.2) is 0 Å². The zero-order valence-corrected chi connectivity index (χ0v) is 11.9. The van der Waals surface area contributed by atoms with Crippen molar-refractivity contribution in [2.24, 2.45) is 0 Å². The Kier molecular flexibility index (Phi) is 2.88. The minimum absolute atomic E-state index is 0.181. The summed E-state index contributed by atoms with van der Waals surface area (Å²) in [6, 6.07) is 18.5. The number of carbonyl (C=O) groups is 1. The third kappa shape index (κ3) is 1.99. The molecule has 1 amide bonds. The first-order valence-electron chi connectivity index (χ1n) is 7.54. The molecule has 0 unspecified atom stereocenters. The first kappa shape index (κ1) is 12.4. The second-order valence-corrected chi connectivity index (χ2v) is 5.69. The lowest BCUT2D eigenvalue weighted by molar-refractivity contribution is 0.0796. The lowest BCUT2D eigenvalue weighted by atomic mass is 9.96. The number of rotatable bonds is 1. The lowest BCUT2D eigenvalue weighted by Crippen LogP contribution is -2.28. The van der Waals surface area contributed by atoms with Crippen LogP contribution < -0.4 is 0 Å². The summed E-state index contributed by atoms with van der Waals surface area (Å²) in [6.07, 6.45) is 2.24. The molecule has 3 aromatic rings. The fourth-order valence-electron chi connectivity index (χ4n) is 3.32. The van der Waals surface area contributed by atoms with E-state index in [0.29, 0.717) is 0 Å². The molecular formula is C19H17NO. The lowest BCUT2D eigenvalue weighted by Gasteiger charge is -2.18. The van der Waals surface area contributed by atoms with Crippen molar-refractivity contribution < 1.29 is 4.79 Å². The minimum atomic E-state index is 0.181. The van der Waals surface area contributed by atoms with Crippen LogP contribution in [0.3, 0.4) is 0 Å². The molecule has 1 saturated heterocycles. The molecule has 0 radical (unpaired) electrons. The molecule has 4 rings (SSSR count). The minimum Gasteiger partial charge on any atom is -0.339 e. The van der Waals surface area contributed by atoms with E-state index in [-0.39, 0.29) is 5.91 Å². The van der Waals surface area contributed by atoms with Crippen molar-refractivity contribution in [1.82, 2.24) is 4.90 Å². The van der Waals surface area contributed by atoms with Crippen molar-refractivity contribution in [2.75, 3.05) is 13.1 Å². The molecule has 0 spiro atoms. The van der Waals surface area contributed by atoms with E-state index in [1.54, 1.807) is 0 Å². The van der Waals surface area contributed by atoms with Gasteiger partial charge in [0.1, 0.15) is 0 Å². The van der Waals surface area contributed by atoms with Crippen LogP contribution in [0.4, 0.5) is 0 Å². The summed E-state index contributed by atoms with van der Waals surface area (Å²) in [4.78, 5) is 15.0. The van der Waals surface area contributed by atoms with E-state index in [2.05, 4.69) is 30.3 Å². The van der Waals surface area contributed by atoms with E-state index in [9.17, 15) is 4.79 Å². The van der Waals surface area contributed by atoms with Gasteiger partial charge in [-0.1, -0.05) is 48.5 Å². The second kappa shape index (κ2) is 4.88.